The number of likely N-dealkylation sites (N-methyl/N-ethyl adjacent to an activating group) is 1. The number of para-hydroxylation sites is 1. The van der Waals surface area contributed by atoms with Gasteiger partial charge in [0.05, 0.1) is 12.6 Å². The van der Waals surface area contributed by atoms with Crippen molar-refractivity contribution in [1.82, 2.24) is 14.8 Å². The summed E-state index contributed by atoms with van der Waals surface area (Å²) in [5.41, 5.74) is 4.38. The van der Waals surface area contributed by atoms with Crippen LogP contribution in [0.2, 0.25) is 0 Å². The Hall–Kier alpha value is -4.83. The van der Waals surface area contributed by atoms with E-state index in [0.717, 1.165) is 27.7 Å². The molecule has 1 aromatic heterocycles. The number of benzene rings is 3. The van der Waals surface area contributed by atoms with Crippen molar-refractivity contribution in [3.8, 4) is 11.5 Å². The van der Waals surface area contributed by atoms with E-state index in [4.69, 9.17) is 19.7 Å². The Bertz CT molecular complexity index is 1620. The van der Waals surface area contributed by atoms with E-state index in [2.05, 4.69) is 11.1 Å². The summed E-state index contributed by atoms with van der Waals surface area (Å²) >= 11 is 0. The zero-order chi connectivity index (χ0) is 28.0. The number of hydrogen-bond donors (Lipinski definition) is 3. The quantitative estimate of drug-likeness (QED) is 0.363. The number of piperazine rings is 1. The number of H-pyrrole nitrogens is 1. The number of carbonyl (C=O) groups excluding carboxylic acids is 2. The van der Waals surface area contributed by atoms with E-state index < -0.39 is 18.1 Å². The fourth-order valence-electron chi connectivity index (χ4n) is 5.61. The zero-order valence-corrected chi connectivity index (χ0v) is 21.6. The molecule has 10 heteroatoms. The molecule has 2 amide bonds. The topological polar surface area (TPSA) is 132 Å². The van der Waals surface area contributed by atoms with Crippen LogP contribution in [0.25, 0.3) is 10.9 Å². The molecule has 4 aromatic rings. The number of aliphatic carboxylic acids is 1. The highest BCUT2D eigenvalue weighted by Gasteiger charge is 2.47. The van der Waals surface area contributed by atoms with Crippen LogP contribution in [0.1, 0.15) is 34.5 Å². The van der Waals surface area contributed by atoms with Gasteiger partial charge in [-0.15, -0.1) is 0 Å². The van der Waals surface area contributed by atoms with Crippen LogP contribution in [-0.4, -0.2) is 69.2 Å². The molecule has 3 aliphatic heterocycles. The summed E-state index contributed by atoms with van der Waals surface area (Å²) in [5.74, 6) is 0.0560. The van der Waals surface area contributed by atoms with Crippen molar-refractivity contribution >= 4 is 28.7 Å². The van der Waals surface area contributed by atoms with Gasteiger partial charge in [0.2, 0.25) is 18.6 Å². The maximum atomic E-state index is 13.1. The van der Waals surface area contributed by atoms with Gasteiger partial charge in [-0.3, -0.25) is 9.59 Å². The van der Waals surface area contributed by atoms with Crippen molar-refractivity contribution in [2.45, 2.75) is 24.6 Å². The number of nitrogens with one attached hydrogen (secondary N) is 1. The molecule has 3 atom stereocenters. The van der Waals surface area contributed by atoms with E-state index in [1.165, 1.54) is 4.90 Å². The number of carbonyl (C=O) groups is 3. The maximum Gasteiger partial charge on any atom is 0.337 e. The number of aliphatic hydroxyl groups is 1. The van der Waals surface area contributed by atoms with Crippen LogP contribution >= 0.6 is 0 Å². The Morgan fingerprint density at radius 3 is 2.50 bits per heavy atom. The van der Waals surface area contributed by atoms with Crippen LogP contribution in [0.5, 0.6) is 11.5 Å². The maximum absolute atomic E-state index is 13.1. The highest BCUT2D eigenvalue weighted by molar-refractivity contribution is 5.97. The van der Waals surface area contributed by atoms with Crippen LogP contribution in [0, 0.1) is 0 Å². The molecule has 204 valence electrons. The number of carboxylic acids is 1. The first-order valence-electron chi connectivity index (χ1n) is 12.8. The number of fused-ring (bicyclic) bond motifs is 5. The van der Waals surface area contributed by atoms with Crippen molar-refractivity contribution in [1.29, 1.82) is 0 Å². The predicted octanol–water partition coefficient (Wildman–Crippen LogP) is 3.02. The van der Waals surface area contributed by atoms with Crippen molar-refractivity contribution in [3.05, 3.63) is 95.2 Å². The minimum atomic E-state index is -1.41. The summed E-state index contributed by atoms with van der Waals surface area (Å²) < 4.78 is 11.0. The molecule has 3 aromatic carbocycles. The Balaban J connectivity index is 0.000000223. The van der Waals surface area contributed by atoms with Gasteiger partial charge < -0.3 is 34.5 Å². The van der Waals surface area contributed by atoms with E-state index >= 15 is 0 Å². The number of hydrogen-bond acceptors (Lipinski definition) is 6. The van der Waals surface area contributed by atoms with Crippen molar-refractivity contribution in [2.24, 2.45) is 0 Å². The van der Waals surface area contributed by atoms with E-state index in [1.807, 2.05) is 36.4 Å². The molecule has 0 aliphatic carbocycles. The average Bonchev–Trinajstić information content (AvgIpc) is 3.59. The summed E-state index contributed by atoms with van der Waals surface area (Å²) in [6.45, 7) is 0.279. The van der Waals surface area contributed by atoms with Gasteiger partial charge in [-0.1, -0.05) is 54.6 Å². The Labute approximate surface area is 229 Å². The summed E-state index contributed by atoms with van der Waals surface area (Å²) in [5, 5.41) is 18.5. The lowest BCUT2D eigenvalue weighted by Gasteiger charge is -2.46. The van der Waals surface area contributed by atoms with Gasteiger partial charge in [-0.25, -0.2) is 4.79 Å². The summed E-state index contributed by atoms with van der Waals surface area (Å²) in [6.07, 6.45) is -0.897. The molecular weight excluding hydrogens is 514 g/mol. The highest BCUT2D eigenvalue weighted by atomic mass is 16.7. The number of nitrogens with zero attached hydrogens (tertiary/aromatic N) is 2. The molecule has 0 saturated carbocycles. The van der Waals surface area contributed by atoms with E-state index in [-0.39, 0.29) is 31.2 Å². The lowest BCUT2D eigenvalue weighted by molar-refractivity contribution is -0.157. The lowest BCUT2D eigenvalue weighted by Crippen LogP contribution is -2.62. The number of carboxylic acid groups (broad SMARTS) is 1. The number of aliphatic hydroxyl groups excluding tert-OH is 1. The van der Waals surface area contributed by atoms with Gasteiger partial charge in [0.15, 0.2) is 17.6 Å². The van der Waals surface area contributed by atoms with Gasteiger partial charge in [-0.2, -0.15) is 0 Å². The second-order valence-corrected chi connectivity index (χ2v) is 9.94. The third-order valence-corrected chi connectivity index (χ3v) is 7.51. The zero-order valence-electron chi connectivity index (χ0n) is 21.6. The second-order valence-electron chi connectivity index (χ2n) is 9.94. The number of rotatable bonds is 3. The van der Waals surface area contributed by atoms with Crippen molar-refractivity contribution in [3.63, 3.8) is 0 Å². The minimum Gasteiger partial charge on any atom is -0.479 e. The Morgan fingerprint density at radius 1 is 1.00 bits per heavy atom. The fourth-order valence-corrected chi connectivity index (χ4v) is 5.61. The summed E-state index contributed by atoms with van der Waals surface area (Å²) in [7, 11) is 1.69. The van der Waals surface area contributed by atoms with Crippen LogP contribution in [0.4, 0.5) is 0 Å². The predicted molar refractivity (Wildman–Crippen MR) is 144 cm³/mol. The van der Waals surface area contributed by atoms with Crippen LogP contribution in [0.3, 0.4) is 0 Å². The van der Waals surface area contributed by atoms with Crippen molar-refractivity contribution < 1.29 is 34.1 Å². The SMILES string of the molecule is CN1CC(=O)N2[C@H](c3ccc4c(c3)OCO4)c3[nH]c4ccccc4c3C[C@@H]2C1=O.O=C(O)C(O)c1ccccc1. The molecule has 1 fully saturated rings. The average molecular weight is 542 g/mol. The third-order valence-electron chi connectivity index (χ3n) is 7.51. The minimum absolute atomic E-state index is 0.0220. The standard InChI is InChI=1S/C22H19N3O4.C8H8O3/c1-24-10-19(26)25-16(22(24)27)9-14-13-4-2-3-5-15(13)23-20(14)21(25)12-6-7-17-18(8-12)29-11-28-17;9-7(8(10)11)6-4-2-1-3-5-6/h2-8,16,21,23H,9-11H2,1H3;1-5,7,9H,(H,10,11)/t16-,21-;/m1./s1. The number of aromatic nitrogens is 1. The molecule has 0 spiro atoms. The first-order valence-corrected chi connectivity index (χ1v) is 12.8. The van der Waals surface area contributed by atoms with Crippen LogP contribution in [0.15, 0.2) is 72.8 Å². The largest absolute Gasteiger partial charge is 0.479 e. The summed E-state index contributed by atoms with van der Waals surface area (Å²) in [6, 6.07) is 21.2. The van der Waals surface area contributed by atoms with Gasteiger partial charge in [0, 0.05) is 30.1 Å². The number of ether oxygens (including phenoxy) is 2. The normalized spacial score (nSPS) is 19.9. The van der Waals surface area contributed by atoms with Gasteiger partial charge in [0.25, 0.3) is 0 Å². The summed E-state index contributed by atoms with van der Waals surface area (Å²) in [4.78, 5) is 43.1. The second kappa shape index (κ2) is 10.0. The van der Waals surface area contributed by atoms with Gasteiger partial charge >= 0.3 is 5.97 Å². The van der Waals surface area contributed by atoms with Crippen molar-refractivity contribution in [2.75, 3.05) is 20.4 Å². The lowest BCUT2D eigenvalue weighted by atomic mass is 9.86. The molecule has 10 nitrogen and oxygen atoms in total. The fraction of sp³-hybridized carbons (Fsp3) is 0.233. The Morgan fingerprint density at radius 2 is 1.73 bits per heavy atom. The van der Waals surface area contributed by atoms with Crippen LogP contribution < -0.4 is 9.47 Å². The smallest absolute Gasteiger partial charge is 0.337 e. The molecule has 40 heavy (non-hydrogen) atoms. The molecule has 1 saturated heterocycles. The highest BCUT2D eigenvalue weighted by Crippen LogP contribution is 2.44. The molecule has 7 rings (SSSR count). The molecule has 1 unspecified atom stereocenters. The first kappa shape index (κ1) is 25.4. The first-order chi connectivity index (χ1) is 19.3. The Kier molecular flexibility index (Phi) is 6.39. The molecule has 0 bridgehead atoms. The molecular formula is C30H27N3O7. The van der Waals surface area contributed by atoms with E-state index in [9.17, 15) is 14.4 Å². The number of amides is 2. The molecule has 3 aliphatic rings. The molecule has 3 N–H and O–H groups in total. The van der Waals surface area contributed by atoms with Crippen LogP contribution in [-0.2, 0) is 20.8 Å². The molecule has 0 radical (unpaired) electrons. The number of aromatic amines is 1. The molecule has 4 heterocycles. The van der Waals surface area contributed by atoms with Gasteiger partial charge in [0.1, 0.15) is 6.04 Å². The van der Waals surface area contributed by atoms with E-state index in [1.54, 1.807) is 42.3 Å². The van der Waals surface area contributed by atoms with E-state index in [0.29, 0.717) is 23.5 Å². The van der Waals surface area contributed by atoms with Gasteiger partial charge in [-0.05, 0) is 34.9 Å². The third kappa shape index (κ3) is 4.32. The monoisotopic (exact) mass is 541 g/mol.